The Morgan fingerprint density at radius 1 is 1.24 bits per heavy atom. The first-order valence-corrected chi connectivity index (χ1v) is 13.6. The number of nitrogens with zero attached hydrogens (tertiary/aromatic N) is 2. The number of hydrogen-bond donors (Lipinski definition) is 5. The van der Waals surface area contributed by atoms with Crippen LogP contribution in [0.25, 0.3) is 0 Å². The maximum absolute atomic E-state index is 12.8. The molecule has 13 nitrogen and oxygen atoms in total. The van der Waals surface area contributed by atoms with Crippen LogP contribution in [0, 0.1) is 0 Å². The van der Waals surface area contributed by atoms with E-state index in [0.29, 0.717) is 30.8 Å². The van der Waals surface area contributed by atoms with Gasteiger partial charge in [0.15, 0.2) is 0 Å². The molecule has 224 valence electrons. The number of imidazole rings is 1. The van der Waals surface area contributed by atoms with E-state index in [1.807, 2.05) is 32.9 Å². The lowest BCUT2D eigenvalue weighted by atomic mass is 10.0. The molecule has 2 amide bonds. The molecule has 2 heterocycles. The summed E-state index contributed by atoms with van der Waals surface area (Å²) in [6, 6.07) is 3.45. The van der Waals surface area contributed by atoms with E-state index in [1.165, 1.54) is 13.3 Å². The molecule has 0 saturated heterocycles. The number of aliphatic carboxylic acids is 1. The van der Waals surface area contributed by atoms with Crippen molar-refractivity contribution in [2.24, 2.45) is 5.73 Å². The van der Waals surface area contributed by atoms with Crippen LogP contribution in [0.3, 0.4) is 0 Å². The fourth-order valence-corrected chi connectivity index (χ4v) is 4.08. The van der Waals surface area contributed by atoms with Crippen molar-refractivity contribution >= 4 is 29.4 Å². The number of benzene rings is 1. The quantitative estimate of drug-likeness (QED) is 0.204. The molecule has 0 radical (unpaired) electrons. The summed E-state index contributed by atoms with van der Waals surface area (Å²) in [6.45, 7) is 8.26. The second kappa shape index (κ2) is 14.1. The van der Waals surface area contributed by atoms with Crippen LogP contribution in [0.4, 0.5) is 5.69 Å². The molecule has 0 saturated carbocycles. The van der Waals surface area contributed by atoms with Crippen LogP contribution in [-0.2, 0) is 43.3 Å². The van der Waals surface area contributed by atoms with Gasteiger partial charge in [-0.15, -0.1) is 0 Å². The highest BCUT2D eigenvalue weighted by molar-refractivity contribution is 5.94. The van der Waals surface area contributed by atoms with E-state index in [2.05, 4.69) is 20.9 Å². The van der Waals surface area contributed by atoms with E-state index < -0.39 is 36.0 Å². The number of hydrogen-bond acceptors (Lipinski definition) is 9. The first-order valence-electron chi connectivity index (χ1n) is 13.6. The second-order valence-corrected chi connectivity index (χ2v) is 11.1. The van der Waals surface area contributed by atoms with Crippen molar-refractivity contribution in [1.29, 1.82) is 0 Å². The average Bonchev–Trinajstić information content (AvgIpc) is 3.35. The van der Waals surface area contributed by atoms with Gasteiger partial charge in [-0.2, -0.15) is 0 Å². The van der Waals surface area contributed by atoms with Gasteiger partial charge in [-0.05, 0) is 46.2 Å². The van der Waals surface area contributed by atoms with Crippen LogP contribution >= 0.6 is 0 Å². The second-order valence-electron chi connectivity index (χ2n) is 11.1. The molecular weight excluding hydrogens is 532 g/mol. The summed E-state index contributed by atoms with van der Waals surface area (Å²) in [5, 5.41) is 18.0. The number of amides is 2. The lowest BCUT2D eigenvalue weighted by Crippen LogP contribution is -2.48. The van der Waals surface area contributed by atoms with E-state index in [9.17, 15) is 24.3 Å². The van der Waals surface area contributed by atoms with Crippen molar-refractivity contribution in [1.82, 2.24) is 20.2 Å². The van der Waals surface area contributed by atoms with Crippen molar-refractivity contribution in [2.45, 2.75) is 83.6 Å². The minimum absolute atomic E-state index is 0.0318. The molecule has 0 spiro atoms. The SMILES string of the molecule is CC(N)C(=O)NC(Cc1cn(CCC(=O)OC(CNC(C)(C)C)COc2cccc3c2CCC(=O)N3)cn1)C(=O)O. The Hall–Kier alpha value is -3.97. The van der Waals surface area contributed by atoms with Crippen molar-refractivity contribution in [2.75, 3.05) is 18.5 Å². The monoisotopic (exact) mass is 572 g/mol. The van der Waals surface area contributed by atoms with Gasteiger partial charge in [0, 0.05) is 48.9 Å². The normalized spacial score (nSPS) is 15.2. The number of rotatable bonds is 14. The number of aryl methyl sites for hydroxylation is 1. The maximum Gasteiger partial charge on any atom is 0.326 e. The summed E-state index contributed by atoms with van der Waals surface area (Å²) in [4.78, 5) is 52.1. The molecular formula is C28H40N6O7. The van der Waals surface area contributed by atoms with E-state index in [1.54, 1.807) is 16.8 Å². The van der Waals surface area contributed by atoms with Gasteiger partial charge >= 0.3 is 11.9 Å². The third-order valence-electron chi connectivity index (χ3n) is 6.29. The van der Waals surface area contributed by atoms with Crippen molar-refractivity contribution in [3.8, 4) is 5.75 Å². The van der Waals surface area contributed by atoms with E-state index in [0.717, 1.165) is 11.3 Å². The van der Waals surface area contributed by atoms with Crippen LogP contribution in [0.2, 0.25) is 0 Å². The van der Waals surface area contributed by atoms with Crippen LogP contribution in [0.1, 0.15) is 51.8 Å². The molecule has 1 aromatic heterocycles. The predicted octanol–water partition coefficient (Wildman–Crippen LogP) is 0.996. The lowest BCUT2D eigenvalue weighted by Gasteiger charge is -2.26. The third-order valence-corrected chi connectivity index (χ3v) is 6.29. The highest BCUT2D eigenvalue weighted by atomic mass is 16.6. The maximum atomic E-state index is 12.8. The first-order chi connectivity index (χ1) is 19.3. The number of carboxylic acids is 1. The van der Waals surface area contributed by atoms with Crippen molar-refractivity contribution in [3.63, 3.8) is 0 Å². The minimum atomic E-state index is -1.20. The van der Waals surface area contributed by atoms with Crippen LogP contribution in [-0.4, -0.2) is 75.3 Å². The van der Waals surface area contributed by atoms with E-state index >= 15 is 0 Å². The zero-order chi connectivity index (χ0) is 30.2. The minimum Gasteiger partial charge on any atom is -0.489 e. The summed E-state index contributed by atoms with van der Waals surface area (Å²) < 4.78 is 13.5. The first kappa shape index (κ1) is 31.6. The van der Waals surface area contributed by atoms with Gasteiger partial charge in [0.2, 0.25) is 11.8 Å². The molecule has 13 heteroatoms. The van der Waals surface area contributed by atoms with Gasteiger partial charge in [-0.1, -0.05) is 6.07 Å². The molecule has 1 aliphatic rings. The number of carbonyl (C=O) groups excluding carboxylic acids is 3. The Morgan fingerprint density at radius 2 is 2.00 bits per heavy atom. The number of carboxylic acid groups (broad SMARTS) is 1. The number of ether oxygens (including phenoxy) is 2. The van der Waals surface area contributed by atoms with Gasteiger partial charge < -0.3 is 40.8 Å². The average molecular weight is 573 g/mol. The third kappa shape index (κ3) is 10.2. The molecule has 2 aromatic rings. The molecule has 0 aliphatic carbocycles. The summed E-state index contributed by atoms with van der Waals surface area (Å²) in [5.41, 5.74) is 7.39. The number of nitrogens with two attached hydrogens (primary N) is 1. The molecule has 41 heavy (non-hydrogen) atoms. The van der Waals surface area contributed by atoms with E-state index in [-0.39, 0.29) is 37.4 Å². The van der Waals surface area contributed by atoms with Crippen LogP contribution in [0.15, 0.2) is 30.7 Å². The van der Waals surface area contributed by atoms with Gasteiger partial charge in [-0.3, -0.25) is 14.4 Å². The van der Waals surface area contributed by atoms with Crippen molar-refractivity contribution < 1.29 is 33.8 Å². The molecule has 3 atom stereocenters. The largest absolute Gasteiger partial charge is 0.489 e. The Morgan fingerprint density at radius 3 is 2.68 bits per heavy atom. The van der Waals surface area contributed by atoms with Crippen molar-refractivity contribution in [3.05, 3.63) is 42.0 Å². The molecule has 3 unspecified atom stereocenters. The van der Waals surface area contributed by atoms with Gasteiger partial charge in [-0.25, -0.2) is 9.78 Å². The number of anilines is 1. The van der Waals surface area contributed by atoms with Crippen LogP contribution < -0.4 is 26.4 Å². The number of esters is 1. The molecule has 1 aliphatic heterocycles. The topological polar surface area (TPSA) is 187 Å². The molecule has 3 rings (SSSR count). The number of aromatic nitrogens is 2. The fraction of sp³-hybridized carbons (Fsp3) is 0.536. The highest BCUT2D eigenvalue weighted by Crippen LogP contribution is 2.31. The molecule has 1 aromatic carbocycles. The standard InChI is InChI=1S/C28H40N6O7/c1-17(29)26(37)33-22(27(38)39)12-18-14-34(16-30-18)11-10-25(36)41-19(13-31-28(2,3)4)15-40-23-7-5-6-21-20(23)8-9-24(35)32-21/h5-7,14,16-17,19,22,31H,8-13,15,29H2,1-4H3,(H,32,35)(H,33,37)(H,38,39). The van der Waals surface area contributed by atoms with Gasteiger partial charge in [0.1, 0.15) is 24.5 Å². The van der Waals surface area contributed by atoms with Gasteiger partial charge in [0.05, 0.1) is 24.5 Å². The van der Waals surface area contributed by atoms with E-state index in [4.69, 9.17) is 15.2 Å². The zero-order valence-corrected chi connectivity index (χ0v) is 23.9. The fourth-order valence-electron chi connectivity index (χ4n) is 4.08. The molecule has 0 bridgehead atoms. The summed E-state index contributed by atoms with van der Waals surface area (Å²) in [5.74, 6) is -1.59. The molecule has 6 N–H and O–H groups in total. The van der Waals surface area contributed by atoms with Crippen LogP contribution in [0.5, 0.6) is 5.75 Å². The predicted molar refractivity (Wildman–Crippen MR) is 150 cm³/mol. The smallest absolute Gasteiger partial charge is 0.326 e. The van der Waals surface area contributed by atoms with Gasteiger partial charge in [0.25, 0.3) is 0 Å². The summed E-state index contributed by atoms with van der Waals surface area (Å²) >= 11 is 0. The number of fused-ring (bicyclic) bond motifs is 1. The Bertz CT molecular complexity index is 1240. The summed E-state index contributed by atoms with van der Waals surface area (Å²) in [6.07, 6.45) is 3.52. The zero-order valence-electron chi connectivity index (χ0n) is 23.9. The lowest BCUT2D eigenvalue weighted by molar-refractivity contribution is -0.150. The Labute approximate surface area is 239 Å². The summed E-state index contributed by atoms with van der Waals surface area (Å²) in [7, 11) is 0. The highest BCUT2D eigenvalue weighted by Gasteiger charge is 2.24. The Balaban J connectivity index is 1.56. The Kier molecular flexibility index (Phi) is 10.8. The molecule has 0 fully saturated rings. The number of carbonyl (C=O) groups is 4. The number of nitrogens with one attached hydrogen (secondary N) is 3.